The molecule has 0 radical (unpaired) electrons. The molecule has 20 heavy (non-hydrogen) atoms. The molecular formula is C17H28FNO. The average molecular weight is 281 g/mol. The standard InChI is InChI=1S/C15H22FNO.C2H6/c1-4-12-14(18)9-10-5-6-11(17(2)3)7-8-13(10)15(12)16;1-2/h9,11,18H,4-8H2,1-3H3;1-2H3. The van der Waals surface area contributed by atoms with Crippen LogP contribution in [0.25, 0.3) is 0 Å². The van der Waals surface area contributed by atoms with Crippen molar-refractivity contribution in [1.29, 1.82) is 0 Å². The van der Waals surface area contributed by atoms with Crippen LogP contribution in [0, 0.1) is 5.82 Å². The fourth-order valence-corrected chi connectivity index (χ4v) is 2.90. The molecule has 0 saturated heterocycles. The highest BCUT2D eigenvalue weighted by molar-refractivity contribution is 5.44. The lowest BCUT2D eigenvalue weighted by Crippen LogP contribution is -2.27. The van der Waals surface area contributed by atoms with Gasteiger partial charge in [-0.1, -0.05) is 20.8 Å². The molecule has 0 amide bonds. The first-order valence-electron chi connectivity index (χ1n) is 7.73. The number of fused-ring (bicyclic) bond motifs is 1. The number of hydrogen-bond acceptors (Lipinski definition) is 2. The molecule has 0 heterocycles. The molecular weight excluding hydrogens is 253 g/mol. The molecule has 1 unspecified atom stereocenters. The minimum atomic E-state index is -0.174. The zero-order chi connectivity index (χ0) is 15.3. The molecule has 1 aliphatic rings. The van der Waals surface area contributed by atoms with E-state index in [0.717, 1.165) is 36.8 Å². The van der Waals surface area contributed by atoms with Gasteiger partial charge in [0.05, 0.1) is 0 Å². The molecule has 114 valence electrons. The van der Waals surface area contributed by atoms with Crippen molar-refractivity contribution in [3.05, 3.63) is 28.6 Å². The smallest absolute Gasteiger partial charge is 0.133 e. The van der Waals surface area contributed by atoms with Crippen LogP contribution < -0.4 is 0 Å². The summed E-state index contributed by atoms with van der Waals surface area (Å²) in [4.78, 5) is 2.21. The Morgan fingerprint density at radius 1 is 1.25 bits per heavy atom. The predicted molar refractivity (Wildman–Crippen MR) is 82.9 cm³/mol. The van der Waals surface area contributed by atoms with E-state index >= 15 is 0 Å². The zero-order valence-electron chi connectivity index (χ0n) is 13.5. The fourth-order valence-electron chi connectivity index (χ4n) is 2.90. The van der Waals surface area contributed by atoms with Crippen LogP contribution >= 0.6 is 0 Å². The van der Waals surface area contributed by atoms with Crippen LogP contribution in [0.4, 0.5) is 4.39 Å². The molecule has 0 spiro atoms. The van der Waals surface area contributed by atoms with Gasteiger partial charge >= 0.3 is 0 Å². The molecule has 2 nitrogen and oxygen atoms in total. The second kappa shape index (κ2) is 7.63. The maximum Gasteiger partial charge on any atom is 0.133 e. The van der Waals surface area contributed by atoms with Crippen LogP contribution in [0.5, 0.6) is 5.75 Å². The molecule has 3 heteroatoms. The van der Waals surface area contributed by atoms with Crippen molar-refractivity contribution in [3.63, 3.8) is 0 Å². The van der Waals surface area contributed by atoms with Gasteiger partial charge in [0.1, 0.15) is 11.6 Å². The summed E-state index contributed by atoms with van der Waals surface area (Å²) in [6.07, 6.45) is 4.20. The Hall–Kier alpha value is -1.09. The van der Waals surface area contributed by atoms with E-state index in [4.69, 9.17) is 0 Å². The summed E-state index contributed by atoms with van der Waals surface area (Å²) in [5, 5.41) is 9.86. The third-order valence-electron chi connectivity index (χ3n) is 4.10. The zero-order valence-corrected chi connectivity index (χ0v) is 13.5. The van der Waals surface area contributed by atoms with Gasteiger partial charge in [-0.2, -0.15) is 0 Å². The number of phenols is 1. The summed E-state index contributed by atoms with van der Waals surface area (Å²) in [6, 6.07) is 2.28. The van der Waals surface area contributed by atoms with Crippen LogP contribution in [-0.2, 0) is 19.3 Å². The first-order chi connectivity index (χ1) is 9.54. The minimum absolute atomic E-state index is 0.122. The van der Waals surface area contributed by atoms with E-state index in [1.54, 1.807) is 6.07 Å². The highest BCUT2D eigenvalue weighted by Gasteiger charge is 2.23. The molecule has 1 aromatic rings. The van der Waals surface area contributed by atoms with Crippen LogP contribution in [-0.4, -0.2) is 30.1 Å². The largest absolute Gasteiger partial charge is 0.508 e. The Morgan fingerprint density at radius 3 is 2.40 bits per heavy atom. The van der Waals surface area contributed by atoms with Crippen molar-refractivity contribution in [2.45, 2.75) is 58.9 Å². The predicted octanol–water partition coefficient (Wildman–Crippen LogP) is 3.93. The van der Waals surface area contributed by atoms with Crippen molar-refractivity contribution in [1.82, 2.24) is 4.90 Å². The lowest BCUT2D eigenvalue weighted by molar-refractivity contribution is 0.268. The summed E-state index contributed by atoms with van der Waals surface area (Å²) in [5.74, 6) is -0.0519. The number of rotatable bonds is 2. The van der Waals surface area contributed by atoms with Gasteiger partial charge in [0, 0.05) is 11.6 Å². The van der Waals surface area contributed by atoms with E-state index in [1.165, 1.54) is 0 Å². The monoisotopic (exact) mass is 281 g/mol. The van der Waals surface area contributed by atoms with E-state index in [2.05, 4.69) is 19.0 Å². The van der Waals surface area contributed by atoms with E-state index in [-0.39, 0.29) is 11.6 Å². The van der Waals surface area contributed by atoms with E-state index < -0.39 is 0 Å². The lowest BCUT2D eigenvalue weighted by atomic mass is 9.97. The van der Waals surface area contributed by atoms with E-state index in [9.17, 15) is 9.50 Å². The van der Waals surface area contributed by atoms with Crippen LogP contribution in [0.15, 0.2) is 6.07 Å². The fraction of sp³-hybridized carbons (Fsp3) is 0.647. The Morgan fingerprint density at radius 2 is 1.85 bits per heavy atom. The van der Waals surface area contributed by atoms with Gasteiger partial charge in [-0.25, -0.2) is 4.39 Å². The first kappa shape index (κ1) is 17.0. The molecule has 0 aliphatic heterocycles. The van der Waals surface area contributed by atoms with Gasteiger partial charge in [-0.3, -0.25) is 0 Å². The number of nitrogens with zero attached hydrogens (tertiary/aromatic N) is 1. The summed E-state index contributed by atoms with van der Waals surface area (Å²) < 4.78 is 14.4. The third-order valence-corrected chi connectivity index (χ3v) is 4.10. The molecule has 0 fully saturated rings. The molecule has 1 N–H and O–H groups in total. The number of aryl methyl sites for hydroxylation is 1. The summed E-state index contributed by atoms with van der Waals surface area (Å²) >= 11 is 0. The van der Waals surface area contributed by atoms with Crippen LogP contribution in [0.1, 0.15) is 50.3 Å². The topological polar surface area (TPSA) is 23.5 Å². The van der Waals surface area contributed by atoms with E-state index in [0.29, 0.717) is 18.0 Å². The van der Waals surface area contributed by atoms with E-state index in [1.807, 2.05) is 20.8 Å². The van der Waals surface area contributed by atoms with Gasteiger partial charge in [-0.05, 0) is 63.4 Å². The average Bonchev–Trinajstić information content (AvgIpc) is 2.64. The van der Waals surface area contributed by atoms with Crippen LogP contribution in [0.2, 0.25) is 0 Å². The van der Waals surface area contributed by atoms with Gasteiger partial charge in [0.15, 0.2) is 0 Å². The Labute approximate surface area is 122 Å². The van der Waals surface area contributed by atoms with Gasteiger partial charge in [-0.15, -0.1) is 0 Å². The molecule has 0 aromatic heterocycles. The van der Waals surface area contributed by atoms with Crippen LogP contribution in [0.3, 0.4) is 0 Å². The summed E-state index contributed by atoms with van der Waals surface area (Å²) in [6.45, 7) is 5.88. The van der Waals surface area contributed by atoms with Gasteiger partial charge in [0.2, 0.25) is 0 Å². The molecule has 0 saturated carbocycles. The molecule has 1 aromatic carbocycles. The quantitative estimate of drug-likeness (QED) is 0.830. The van der Waals surface area contributed by atoms with Crippen molar-refractivity contribution >= 4 is 0 Å². The maximum absolute atomic E-state index is 14.4. The third kappa shape index (κ3) is 3.51. The highest BCUT2D eigenvalue weighted by Crippen LogP contribution is 2.32. The number of benzene rings is 1. The van der Waals surface area contributed by atoms with Crippen molar-refractivity contribution in [2.75, 3.05) is 14.1 Å². The second-order valence-electron chi connectivity index (χ2n) is 5.37. The minimum Gasteiger partial charge on any atom is -0.508 e. The lowest BCUT2D eigenvalue weighted by Gasteiger charge is -2.21. The molecule has 0 bridgehead atoms. The number of aromatic hydroxyl groups is 1. The number of hydrogen-bond donors (Lipinski definition) is 1. The van der Waals surface area contributed by atoms with Crippen molar-refractivity contribution in [3.8, 4) is 5.75 Å². The summed E-state index contributed by atoms with van der Waals surface area (Å²) in [5.41, 5.74) is 2.29. The first-order valence-corrected chi connectivity index (χ1v) is 7.73. The molecule has 2 rings (SSSR count). The number of phenolic OH excluding ortho intramolecular Hbond substituents is 1. The molecule has 1 atom stereocenters. The van der Waals surface area contributed by atoms with Crippen molar-refractivity contribution in [2.24, 2.45) is 0 Å². The maximum atomic E-state index is 14.4. The highest BCUT2D eigenvalue weighted by atomic mass is 19.1. The Bertz CT molecular complexity index is 443. The number of halogens is 1. The van der Waals surface area contributed by atoms with Gasteiger partial charge in [0.25, 0.3) is 0 Å². The summed E-state index contributed by atoms with van der Waals surface area (Å²) in [7, 11) is 4.15. The Balaban J connectivity index is 0.000000956. The second-order valence-corrected chi connectivity index (χ2v) is 5.37. The Kier molecular flexibility index (Phi) is 6.47. The molecule has 1 aliphatic carbocycles. The normalized spacial score (nSPS) is 18.1. The SMILES string of the molecule is CC.CCc1c(O)cc2c(c1F)CCC(N(C)C)CC2. The van der Waals surface area contributed by atoms with Crippen molar-refractivity contribution < 1.29 is 9.50 Å². The van der Waals surface area contributed by atoms with Gasteiger partial charge < -0.3 is 10.0 Å².